The maximum Gasteiger partial charge on any atom is 0.268 e. The molecule has 2 aromatic rings. The number of nitrogens with one attached hydrogen (secondary N) is 1. The first-order valence-corrected chi connectivity index (χ1v) is 6.02. The third kappa shape index (κ3) is 2.45. The van der Waals surface area contributed by atoms with E-state index in [0.717, 1.165) is 12.0 Å². The predicted octanol–water partition coefficient (Wildman–Crippen LogP) is 1.64. The summed E-state index contributed by atoms with van der Waals surface area (Å²) in [5, 5.41) is 7.16. The monoisotopic (exact) mass is 246 g/mol. The number of hydrogen-bond acceptors (Lipinski definition) is 2. The molecular weight excluding hydrogens is 228 g/mol. The second-order valence-corrected chi connectivity index (χ2v) is 4.39. The zero-order valence-corrected chi connectivity index (χ0v) is 10.9. The van der Waals surface area contributed by atoms with Crippen molar-refractivity contribution in [3.63, 3.8) is 0 Å². The summed E-state index contributed by atoms with van der Waals surface area (Å²) in [4.78, 5) is 12.1. The standard InChI is InChI=1S/C13H18N4O/c1-4-11(10-8-14-17(3)9-10)15-13(18)12-6-5-7-16(12)2/h5-9,11H,4H2,1-3H3,(H,15,18). The minimum absolute atomic E-state index is 0.00102. The van der Waals surface area contributed by atoms with Gasteiger partial charge in [0.15, 0.2) is 0 Å². The molecule has 18 heavy (non-hydrogen) atoms. The first-order chi connectivity index (χ1) is 8.61. The normalized spacial score (nSPS) is 12.4. The van der Waals surface area contributed by atoms with Crippen LogP contribution < -0.4 is 5.32 Å². The Morgan fingerprint density at radius 2 is 2.28 bits per heavy atom. The molecule has 0 saturated carbocycles. The summed E-state index contributed by atoms with van der Waals surface area (Å²) < 4.78 is 3.55. The molecule has 0 spiro atoms. The predicted molar refractivity (Wildman–Crippen MR) is 69.1 cm³/mol. The van der Waals surface area contributed by atoms with E-state index in [1.54, 1.807) is 10.9 Å². The van der Waals surface area contributed by atoms with E-state index in [-0.39, 0.29) is 11.9 Å². The fourth-order valence-corrected chi connectivity index (χ4v) is 1.97. The number of carbonyl (C=O) groups excluding carboxylic acids is 1. The Morgan fingerprint density at radius 3 is 2.78 bits per heavy atom. The van der Waals surface area contributed by atoms with Crippen LogP contribution in [0.4, 0.5) is 0 Å². The first-order valence-electron chi connectivity index (χ1n) is 6.02. The lowest BCUT2D eigenvalue weighted by Crippen LogP contribution is -2.29. The van der Waals surface area contributed by atoms with Crippen LogP contribution in [0, 0.1) is 0 Å². The van der Waals surface area contributed by atoms with E-state index in [1.807, 2.05) is 50.1 Å². The molecule has 2 aromatic heterocycles. The van der Waals surface area contributed by atoms with E-state index in [0.29, 0.717) is 5.69 Å². The average Bonchev–Trinajstić information content (AvgIpc) is 2.94. The van der Waals surface area contributed by atoms with Crippen molar-refractivity contribution < 1.29 is 4.79 Å². The molecule has 0 aliphatic rings. The van der Waals surface area contributed by atoms with Gasteiger partial charge in [0, 0.05) is 32.1 Å². The van der Waals surface area contributed by atoms with E-state index in [4.69, 9.17) is 0 Å². The van der Waals surface area contributed by atoms with Crippen LogP contribution in [0.25, 0.3) is 0 Å². The maximum absolute atomic E-state index is 12.1. The number of carbonyl (C=O) groups is 1. The van der Waals surface area contributed by atoms with E-state index < -0.39 is 0 Å². The van der Waals surface area contributed by atoms with Crippen LogP contribution in [0.15, 0.2) is 30.7 Å². The molecule has 0 aromatic carbocycles. The van der Waals surface area contributed by atoms with Crippen LogP contribution in [0.3, 0.4) is 0 Å². The van der Waals surface area contributed by atoms with Crippen LogP contribution >= 0.6 is 0 Å². The van der Waals surface area contributed by atoms with Gasteiger partial charge in [-0.25, -0.2) is 0 Å². The summed E-state index contributed by atoms with van der Waals surface area (Å²) in [7, 11) is 3.73. The zero-order valence-electron chi connectivity index (χ0n) is 10.9. The van der Waals surface area contributed by atoms with Crippen LogP contribution in [-0.4, -0.2) is 20.3 Å². The Morgan fingerprint density at radius 1 is 1.50 bits per heavy atom. The maximum atomic E-state index is 12.1. The third-order valence-electron chi connectivity index (χ3n) is 3.02. The van der Waals surface area contributed by atoms with Gasteiger partial charge in [-0.1, -0.05) is 6.92 Å². The summed E-state index contributed by atoms with van der Waals surface area (Å²) in [6.07, 6.45) is 6.42. The van der Waals surface area contributed by atoms with Crippen LogP contribution in [-0.2, 0) is 14.1 Å². The van der Waals surface area contributed by atoms with Crippen molar-refractivity contribution in [1.82, 2.24) is 19.7 Å². The number of nitrogens with zero attached hydrogens (tertiary/aromatic N) is 3. The Labute approximate surface area is 106 Å². The smallest absolute Gasteiger partial charge is 0.268 e. The highest BCUT2D eigenvalue weighted by Gasteiger charge is 2.16. The number of aromatic nitrogens is 3. The van der Waals surface area contributed by atoms with Gasteiger partial charge in [-0.15, -0.1) is 0 Å². The van der Waals surface area contributed by atoms with Crippen molar-refractivity contribution in [2.24, 2.45) is 14.1 Å². The minimum Gasteiger partial charge on any atom is -0.347 e. The molecule has 0 saturated heterocycles. The van der Waals surface area contributed by atoms with E-state index in [1.165, 1.54) is 0 Å². The third-order valence-corrected chi connectivity index (χ3v) is 3.02. The van der Waals surface area contributed by atoms with Crippen LogP contribution in [0.2, 0.25) is 0 Å². The van der Waals surface area contributed by atoms with Crippen molar-refractivity contribution in [2.75, 3.05) is 0 Å². The van der Waals surface area contributed by atoms with Crippen LogP contribution in [0.5, 0.6) is 0 Å². The van der Waals surface area contributed by atoms with Gasteiger partial charge < -0.3 is 9.88 Å². The van der Waals surface area contributed by atoms with Crippen molar-refractivity contribution in [2.45, 2.75) is 19.4 Å². The Kier molecular flexibility index (Phi) is 3.50. The van der Waals surface area contributed by atoms with Gasteiger partial charge in [0.1, 0.15) is 5.69 Å². The second-order valence-electron chi connectivity index (χ2n) is 4.39. The molecule has 0 fully saturated rings. The summed E-state index contributed by atoms with van der Waals surface area (Å²) in [6.45, 7) is 2.04. The topological polar surface area (TPSA) is 51.9 Å². The Balaban J connectivity index is 2.12. The van der Waals surface area contributed by atoms with Gasteiger partial charge in [0.2, 0.25) is 0 Å². The summed E-state index contributed by atoms with van der Waals surface area (Å²) in [5.74, 6) is -0.0572. The van der Waals surface area contributed by atoms with Gasteiger partial charge in [0.25, 0.3) is 5.91 Å². The highest BCUT2D eigenvalue weighted by Crippen LogP contribution is 2.16. The van der Waals surface area contributed by atoms with Crippen molar-refractivity contribution >= 4 is 5.91 Å². The number of amides is 1. The largest absolute Gasteiger partial charge is 0.347 e. The SMILES string of the molecule is CCC(NC(=O)c1cccn1C)c1cnn(C)c1. The molecule has 96 valence electrons. The molecule has 0 aliphatic carbocycles. The highest BCUT2D eigenvalue weighted by molar-refractivity contribution is 5.92. The molecule has 2 heterocycles. The van der Waals surface area contributed by atoms with Gasteiger partial charge >= 0.3 is 0 Å². The van der Waals surface area contributed by atoms with E-state index in [2.05, 4.69) is 10.4 Å². The van der Waals surface area contributed by atoms with Gasteiger partial charge in [-0.2, -0.15) is 5.10 Å². The van der Waals surface area contributed by atoms with Crippen LogP contribution in [0.1, 0.15) is 35.4 Å². The van der Waals surface area contributed by atoms with Crippen molar-refractivity contribution in [3.05, 3.63) is 42.0 Å². The summed E-state index contributed by atoms with van der Waals surface area (Å²) in [6, 6.07) is 3.67. The molecule has 0 radical (unpaired) electrons. The summed E-state index contributed by atoms with van der Waals surface area (Å²) in [5.41, 5.74) is 1.69. The number of hydrogen-bond donors (Lipinski definition) is 1. The van der Waals surface area contributed by atoms with Gasteiger partial charge in [0.05, 0.1) is 12.2 Å². The van der Waals surface area contributed by atoms with E-state index >= 15 is 0 Å². The molecule has 2 rings (SSSR count). The number of aryl methyl sites for hydroxylation is 2. The number of rotatable bonds is 4. The average molecular weight is 246 g/mol. The highest BCUT2D eigenvalue weighted by atomic mass is 16.2. The lowest BCUT2D eigenvalue weighted by molar-refractivity contribution is 0.0927. The summed E-state index contributed by atoms with van der Waals surface area (Å²) >= 11 is 0. The van der Waals surface area contributed by atoms with E-state index in [9.17, 15) is 4.79 Å². The second kappa shape index (κ2) is 5.08. The molecule has 0 bridgehead atoms. The molecule has 1 atom stereocenters. The van der Waals surface area contributed by atoms with Gasteiger partial charge in [-0.3, -0.25) is 9.48 Å². The first kappa shape index (κ1) is 12.4. The Hall–Kier alpha value is -2.04. The Bertz CT molecular complexity index is 541. The molecular formula is C13H18N4O. The van der Waals surface area contributed by atoms with Crippen molar-refractivity contribution in [3.8, 4) is 0 Å². The molecule has 5 nitrogen and oxygen atoms in total. The lowest BCUT2D eigenvalue weighted by Gasteiger charge is -2.15. The van der Waals surface area contributed by atoms with Crippen molar-refractivity contribution in [1.29, 1.82) is 0 Å². The molecule has 0 aliphatic heterocycles. The molecule has 1 unspecified atom stereocenters. The lowest BCUT2D eigenvalue weighted by atomic mass is 10.1. The molecule has 1 amide bonds. The fraction of sp³-hybridized carbons (Fsp3) is 0.385. The van der Waals surface area contributed by atoms with Gasteiger partial charge in [-0.05, 0) is 18.6 Å². The quantitative estimate of drug-likeness (QED) is 0.891. The minimum atomic E-state index is -0.0572. The molecule has 1 N–H and O–H groups in total. The fourth-order valence-electron chi connectivity index (χ4n) is 1.97. The zero-order chi connectivity index (χ0) is 13.1. The molecule has 5 heteroatoms.